The van der Waals surface area contributed by atoms with E-state index in [1.807, 2.05) is 49.4 Å². The fraction of sp³-hybridized carbons (Fsp3) is 0.269. The van der Waals surface area contributed by atoms with Crippen LogP contribution in [0, 0.1) is 20.8 Å². The Balaban J connectivity index is 1.68. The van der Waals surface area contributed by atoms with Crippen molar-refractivity contribution in [2.75, 3.05) is 0 Å². The summed E-state index contributed by atoms with van der Waals surface area (Å²) >= 11 is 0. The molecule has 0 bridgehead atoms. The molecule has 3 aromatic heterocycles. The summed E-state index contributed by atoms with van der Waals surface area (Å²) in [6.07, 6.45) is 1.61. The van der Waals surface area contributed by atoms with Crippen molar-refractivity contribution >= 4 is 0 Å². The monoisotopic (exact) mass is 457 g/mol. The molecule has 8 nitrogen and oxygen atoms in total. The largest absolute Gasteiger partial charge is 0.471 e. The second kappa shape index (κ2) is 9.15. The summed E-state index contributed by atoms with van der Waals surface area (Å²) in [5.41, 5.74) is 2.81. The summed E-state index contributed by atoms with van der Waals surface area (Å²) in [6, 6.07) is 14.9. The number of aliphatic hydroxyl groups is 1. The molecular formula is C26H27N5O3. The van der Waals surface area contributed by atoms with E-state index in [2.05, 4.69) is 19.9 Å². The molecule has 0 amide bonds. The minimum absolute atomic E-state index is 0.211. The van der Waals surface area contributed by atoms with Gasteiger partial charge in [-0.05, 0) is 65.0 Å². The highest BCUT2D eigenvalue weighted by Crippen LogP contribution is 2.24. The van der Waals surface area contributed by atoms with Gasteiger partial charge in [-0.25, -0.2) is 9.97 Å². The van der Waals surface area contributed by atoms with E-state index in [4.69, 9.17) is 4.74 Å². The number of pyridine rings is 1. The lowest BCUT2D eigenvalue weighted by atomic mass is 10.1. The molecule has 1 N–H and O–H groups in total. The maximum atomic E-state index is 13.3. The molecule has 0 aliphatic carbocycles. The summed E-state index contributed by atoms with van der Waals surface area (Å²) in [5.74, 6) is 1.12. The summed E-state index contributed by atoms with van der Waals surface area (Å²) < 4.78 is 7.39. The van der Waals surface area contributed by atoms with Crippen LogP contribution in [0.5, 0.6) is 5.88 Å². The van der Waals surface area contributed by atoms with Crippen LogP contribution in [0.4, 0.5) is 0 Å². The van der Waals surface area contributed by atoms with Crippen LogP contribution < -0.4 is 10.3 Å². The SMILES string of the molecule is Cc1cccc(COc2nc(C)n(-c3cccc(-c4ccnc(C(C)(C)O)n4)c3)c(=O)c2C)n1. The predicted octanol–water partition coefficient (Wildman–Crippen LogP) is 3.82. The second-order valence-corrected chi connectivity index (χ2v) is 8.66. The van der Waals surface area contributed by atoms with Gasteiger partial charge in [0.05, 0.1) is 22.6 Å². The smallest absolute Gasteiger partial charge is 0.264 e. The highest BCUT2D eigenvalue weighted by atomic mass is 16.5. The molecule has 0 radical (unpaired) electrons. The van der Waals surface area contributed by atoms with Crippen molar-refractivity contribution in [1.82, 2.24) is 24.5 Å². The van der Waals surface area contributed by atoms with Crippen molar-refractivity contribution < 1.29 is 9.84 Å². The standard InChI is InChI=1S/C26H27N5O3/c1-16-8-6-10-20(28-16)15-34-23-17(2)24(32)31(18(3)29-23)21-11-7-9-19(14-21)22-12-13-27-25(30-22)26(4,5)33/h6-14,33H,15H2,1-5H3. The van der Waals surface area contributed by atoms with Crippen LogP contribution in [0.15, 0.2) is 59.5 Å². The Hall–Kier alpha value is -3.91. The summed E-state index contributed by atoms with van der Waals surface area (Å²) in [5, 5.41) is 10.3. The summed E-state index contributed by atoms with van der Waals surface area (Å²) in [4.78, 5) is 30.9. The number of hydrogen-bond donors (Lipinski definition) is 1. The Kier molecular flexibility index (Phi) is 6.26. The van der Waals surface area contributed by atoms with E-state index in [-0.39, 0.29) is 12.2 Å². The summed E-state index contributed by atoms with van der Waals surface area (Å²) in [7, 11) is 0. The molecule has 4 rings (SSSR count). The highest BCUT2D eigenvalue weighted by molar-refractivity contribution is 5.62. The van der Waals surface area contributed by atoms with Gasteiger partial charge < -0.3 is 9.84 Å². The molecule has 4 aromatic rings. The molecule has 0 aliphatic rings. The first-order valence-corrected chi connectivity index (χ1v) is 11.0. The molecule has 0 fully saturated rings. The van der Waals surface area contributed by atoms with Crippen molar-refractivity contribution in [1.29, 1.82) is 0 Å². The third-order valence-electron chi connectivity index (χ3n) is 5.34. The van der Waals surface area contributed by atoms with Gasteiger partial charge in [0.1, 0.15) is 18.0 Å². The van der Waals surface area contributed by atoms with Crippen molar-refractivity contribution in [3.63, 3.8) is 0 Å². The molecule has 8 heteroatoms. The van der Waals surface area contributed by atoms with E-state index in [1.165, 1.54) is 0 Å². The number of nitrogens with zero attached hydrogens (tertiary/aromatic N) is 5. The maximum Gasteiger partial charge on any atom is 0.264 e. The zero-order valence-corrected chi connectivity index (χ0v) is 19.9. The lowest BCUT2D eigenvalue weighted by Gasteiger charge is -2.16. The topological polar surface area (TPSA) is 103 Å². The minimum Gasteiger partial charge on any atom is -0.471 e. The number of ether oxygens (including phenoxy) is 1. The first kappa shape index (κ1) is 23.3. The van der Waals surface area contributed by atoms with Crippen LogP contribution in [0.1, 0.15) is 42.4 Å². The molecule has 3 heterocycles. The first-order valence-electron chi connectivity index (χ1n) is 11.0. The molecule has 0 saturated heterocycles. The molecule has 0 spiro atoms. The van der Waals surface area contributed by atoms with E-state index in [9.17, 15) is 9.90 Å². The Morgan fingerprint density at radius 3 is 2.50 bits per heavy atom. The number of rotatable bonds is 6. The van der Waals surface area contributed by atoms with E-state index < -0.39 is 5.60 Å². The van der Waals surface area contributed by atoms with E-state index >= 15 is 0 Å². The molecule has 174 valence electrons. The third-order valence-corrected chi connectivity index (χ3v) is 5.34. The van der Waals surface area contributed by atoms with Crippen LogP contribution in [0.3, 0.4) is 0 Å². The maximum absolute atomic E-state index is 13.3. The van der Waals surface area contributed by atoms with Gasteiger partial charge in [0.15, 0.2) is 5.82 Å². The second-order valence-electron chi connectivity index (χ2n) is 8.66. The van der Waals surface area contributed by atoms with Crippen LogP contribution in [-0.2, 0) is 12.2 Å². The normalized spacial score (nSPS) is 11.5. The lowest BCUT2D eigenvalue weighted by Crippen LogP contribution is -2.25. The molecule has 1 aromatic carbocycles. The molecular weight excluding hydrogens is 430 g/mol. The Labute approximate surface area is 198 Å². The molecule has 34 heavy (non-hydrogen) atoms. The van der Waals surface area contributed by atoms with Crippen LogP contribution in [0.2, 0.25) is 0 Å². The van der Waals surface area contributed by atoms with Crippen molar-refractivity contribution in [2.45, 2.75) is 46.8 Å². The van der Waals surface area contributed by atoms with E-state index in [1.54, 1.807) is 44.5 Å². The average Bonchev–Trinajstić information content (AvgIpc) is 2.80. The Bertz CT molecular complexity index is 1410. The van der Waals surface area contributed by atoms with Gasteiger partial charge in [-0.1, -0.05) is 18.2 Å². The van der Waals surface area contributed by atoms with Gasteiger partial charge in [0.2, 0.25) is 5.88 Å². The number of aromatic nitrogens is 5. The predicted molar refractivity (Wildman–Crippen MR) is 129 cm³/mol. The zero-order chi connectivity index (χ0) is 24.5. The van der Waals surface area contributed by atoms with Gasteiger partial charge in [0, 0.05) is 17.5 Å². The van der Waals surface area contributed by atoms with Gasteiger partial charge in [-0.2, -0.15) is 4.98 Å². The van der Waals surface area contributed by atoms with Crippen molar-refractivity contribution in [2.24, 2.45) is 0 Å². The van der Waals surface area contributed by atoms with Gasteiger partial charge >= 0.3 is 0 Å². The molecule has 0 aliphatic heterocycles. The molecule has 0 saturated carbocycles. The minimum atomic E-state index is -1.16. The zero-order valence-electron chi connectivity index (χ0n) is 19.9. The lowest BCUT2D eigenvalue weighted by molar-refractivity contribution is 0.0688. The Morgan fingerprint density at radius 2 is 1.76 bits per heavy atom. The fourth-order valence-corrected chi connectivity index (χ4v) is 3.57. The quantitative estimate of drug-likeness (QED) is 0.469. The molecule has 0 atom stereocenters. The van der Waals surface area contributed by atoms with Gasteiger partial charge in [-0.15, -0.1) is 0 Å². The van der Waals surface area contributed by atoms with E-state index in [0.29, 0.717) is 34.5 Å². The molecule has 0 unspecified atom stereocenters. The van der Waals surface area contributed by atoms with Crippen LogP contribution in [-0.4, -0.2) is 29.6 Å². The van der Waals surface area contributed by atoms with Crippen LogP contribution >= 0.6 is 0 Å². The van der Waals surface area contributed by atoms with E-state index in [0.717, 1.165) is 17.0 Å². The average molecular weight is 458 g/mol. The number of aryl methyl sites for hydroxylation is 2. The number of benzene rings is 1. The Morgan fingerprint density at radius 1 is 1.00 bits per heavy atom. The highest BCUT2D eigenvalue weighted by Gasteiger charge is 2.20. The fourth-order valence-electron chi connectivity index (χ4n) is 3.57. The van der Waals surface area contributed by atoms with Crippen molar-refractivity contribution in [3.05, 3.63) is 93.7 Å². The third kappa shape index (κ3) is 4.87. The number of hydrogen-bond acceptors (Lipinski definition) is 7. The van der Waals surface area contributed by atoms with Crippen molar-refractivity contribution in [3.8, 4) is 22.8 Å². The van der Waals surface area contributed by atoms with Gasteiger partial charge in [-0.3, -0.25) is 14.3 Å². The van der Waals surface area contributed by atoms with Crippen LogP contribution in [0.25, 0.3) is 16.9 Å². The first-order chi connectivity index (χ1) is 16.1. The van der Waals surface area contributed by atoms with Gasteiger partial charge in [0.25, 0.3) is 5.56 Å². The summed E-state index contributed by atoms with van der Waals surface area (Å²) in [6.45, 7) is 8.89.